The molecule has 0 aliphatic heterocycles. The molecule has 0 fully saturated rings. The molecule has 118 valence electrons. The molecule has 25 heavy (non-hydrogen) atoms. The second-order valence-electron chi connectivity index (χ2n) is 5.12. The van der Waals surface area contributed by atoms with E-state index in [9.17, 15) is 10.5 Å². The fourth-order valence-corrected chi connectivity index (χ4v) is 3.59. The zero-order chi connectivity index (χ0) is 17.2. The molecule has 4 rings (SSSR count). The Labute approximate surface area is 146 Å². The number of aromatic amines is 1. The Morgan fingerprint density at radius 1 is 1.08 bits per heavy atom. The predicted octanol–water partition coefficient (Wildman–Crippen LogP) is 3.01. The lowest BCUT2D eigenvalue weighted by Crippen LogP contribution is -1.93. The van der Waals surface area contributed by atoms with Gasteiger partial charge in [-0.2, -0.15) is 15.6 Å². The van der Waals surface area contributed by atoms with Crippen LogP contribution in [0.25, 0.3) is 16.8 Å². The summed E-state index contributed by atoms with van der Waals surface area (Å²) in [6.45, 7) is 0. The van der Waals surface area contributed by atoms with E-state index in [2.05, 4.69) is 32.6 Å². The van der Waals surface area contributed by atoms with E-state index in [1.165, 1.54) is 18.0 Å². The summed E-state index contributed by atoms with van der Waals surface area (Å²) in [5.74, 6) is 0. The SMILES string of the molecule is N#Cc1ccccc1Sc1cc(-c2c[nH]nn2)cn2ncc(C#N)c12. The first-order valence-electron chi connectivity index (χ1n) is 7.25. The van der Waals surface area contributed by atoms with Crippen molar-refractivity contribution in [3.8, 4) is 23.4 Å². The van der Waals surface area contributed by atoms with Crippen LogP contribution in [-0.4, -0.2) is 25.0 Å². The predicted molar refractivity (Wildman–Crippen MR) is 90.6 cm³/mol. The Kier molecular flexibility index (Phi) is 3.65. The van der Waals surface area contributed by atoms with Gasteiger partial charge in [-0.05, 0) is 18.2 Å². The van der Waals surface area contributed by atoms with Gasteiger partial charge in [0.25, 0.3) is 0 Å². The lowest BCUT2D eigenvalue weighted by molar-refractivity contribution is 0.934. The van der Waals surface area contributed by atoms with Gasteiger partial charge < -0.3 is 0 Å². The number of pyridine rings is 1. The molecule has 0 atom stereocenters. The first kappa shape index (κ1) is 14.9. The van der Waals surface area contributed by atoms with Gasteiger partial charge in [-0.3, -0.25) is 5.10 Å². The molecule has 4 aromatic rings. The van der Waals surface area contributed by atoms with Gasteiger partial charge in [-0.1, -0.05) is 29.1 Å². The lowest BCUT2D eigenvalue weighted by atomic mass is 10.2. The highest BCUT2D eigenvalue weighted by atomic mass is 32.2. The van der Waals surface area contributed by atoms with Gasteiger partial charge >= 0.3 is 0 Å². The molecule has 1 N–H and O–H groups in total. The van der Waals surface area contributed by atoms with E-state index in [1.807, 2.05) is 24.3 Å². The molecule has 8 heteroatoms. The molecule has 1 aromatic carbocycles. The van der Waals surface area contributed by atoms with Gasteiger partial charge in [-0.25, -0.2) is 4.52 Å². The molecule has 0 bridgehead atoms. The Bertz CT molecular complexity index is 1150. The van der Waals surface area contributed by atoms with Crippen LogP contribution in [0, 0.1) is 22.7 Å². The Morgan fingerprint density at radius 3 is 2.68 bits per heavy atom. The van der Waals surface area contributed by atoms with E-state index in [-0.39, 0.29) is 0 Å². The molecule has 0 saturated carbocycles. The first-order chi connectivity index (χ1) is 12.3. The zero-order valence-electron chi connectivity index (χ0n) is 12.7. The maximum atomic E-state index is 9.38. The quantitative estimate of drug-likeness (QED) is 0.613. The van der Waals surface area contributed by atoms with E-state index in [4.69, 9.17) is 0 Å². The molecular weight excluding hydrogens is 334 g/mol. The number of nitriles is 2. The minimum atomic E-state index is 0.476. The number of rotatable bonds is 3. The maximum absolute atomic E-state index is 9.38. The van der Waals surface area contributed by atoms with Crippen molar-refractivity contribution >= 4 is 17.3 Å². The summed E-state index contributed by atoms with van der Waals surface area (Å²) < 4.78 is 1.65. The molecule has 3 heterocycles. The van der Waals surface area contributed by atoms with Crippen molar-refractivity contribution < 1.29 is 0 Å². The van der Waals surface area contributed by atoms with Gasteiger partial charge in [0.15, 0.2) is 0 Å². The first-order valence-corrected chi connectivity index (χ1v) is 8.07. The normalized spacial score (nSPS) is 10.5. The van der Waals surface area contributed by atoms with Crippen molar-refractivity contribution in [2.75, 3.05) is 0 Å². The summed E-state index contributed by atoms with van der Waals surface area (Å²) >= 11 is 1.42. The summed E-state index contributed by atoms with van der Waals surface area (Å²) in [6, 6.07) is 13.6. The van der Waals surface area contributed by atoms with Crippen molar-refractivity contribution in [1.82, 2.24) is 25.0 Å². The number of hydrogen-bond donors (Lipinski definition) is 1. The second-order valence-corrected chi connectivity index (χ2v) is 6.21. The molecule has 7 nitrogen and oxygen atoms in total. The standard InChI is InChI=1S/C17H9N7S/c18-6-11-3-1-2-4-15(11)25-16-5-12(14-9-20-23-22-14)10-24-17(16)13(7-19)8-21-24/h1-5,8-10H,(H,20,22,23). The number of fused-ring (bicyclic) bond motifs is 1. The Morgan fingerprint density at radius 2 is 1.92 bits per heavy atom. The largest absolute Gasteiger partial charge is 0.265 e. The average Bonchev–Trinajstić information content (AvgIpc) is 3.31. The van der Waals surface area contributed by atoms with Gasteiger partial charge in [-0.15, -0.1) is 5.10 Å². The Hall–Kier alpha value is -3.62. The number of benzene rings is 1. The van der Waals surface area contributed by atoms with E-state index in [0.29, 0.717) is 22.3 Å². The molecule has 0 amide bonds. The fraction of sp³-hybridized carbons (Fsp3) is 0. The molecule has 0 saturated heterocycles. The van der Waals surface area contributed by atoms with Gasteiger partial charge in [0.2, 0.25) is 0 Å². The zero-order valence-corrected chi connectivity index (χ0v) is 13.5. The van der Waals surface area contributed by atoms with E-state index >= 15 is 0 Å². The van der Waals surface area contributed by atoms with E-state index in [1.54, 1.807) is 23.0 Å². The number of hydrogen-bond acceptors (Lipinski definition) is 6. The molecule has 0 unspecified atom stereocenters. The number of nitrogens with one attached hydrogen (secondary N) is 1. The monoisotopic (exact) mass is 343 g/mol. The highest BCUT2D eigenvalue weighted by Crippen LogP contribution is 2.36. The minimum Gasteiger partial charge on any atom is -0.265 e. The van der Waals surface area contributed by atoms with Crippen LogP contribution in [-0.2, 0) is 0 Å². The van der Waals surface area contributed by atoms with Crippen LogP contribution < -0.4 is 0 Å². The highest BCUT2D eigenvalue weighted by Gasteiger charge is 2.15. The molecular formula is C17H9N7S. The van der Waals surface area contributed by atoms with Crippen LogP contribution in [0.15, 0.2) is 58.7 Å². The van der Waals surface area contributed by atoms with Crippen molar-refractivity contribution in [3.05, 3.63) is 60.0 Å². The van der Waals surface area contributed by atoms with Crippen molar-refractivity contribution in [2.45, 2.75) is 9.79 Å². The summed E-state index contributed by atoms with van der Waals surface area (Å²) in [5, 5.41) is 33.4. The Balaban J connectivity index is 1.93. The van der Waals surface area contributed by atoms with Crippen LogP contribution in [0.1, 0.15) is 11.1 Å². The molecule has 3 aromatic heterocycles. The summed E-state index contributed by atoms with van der Waals surface area (Å²) in [4.78, 5) is 1.63. The topological polar surface area (TPSA) is 106 Å². The lowest BCUT2D eigenvalue weighted by Gasteiger charge is -2.08. The third kappa shape index (κ3) is 2.61. The number of nitrogens with zero attached hydrogens (tertiary/aromatic N) is 6. The summed E-state index contributed by atoms with van der Waals surface area (Å²) in [6.07, 6.45) is 5.02. The van der Waals surface area contributed by atoms with Crippen LogP contribution in [0.3, 0.4) is 0 Å². The highest BCUT2D eigenvalue weighted by molar-refractivity contribution is 7.99. The maximum Gasteiger partial charge on any atom is 0.114 e. The molecule has 0 aliphatic rings. The number of aromatic nitrogens is 5. The van der Waals surface area contributed by atoms with Crippen molar-refractivity contribution in [1.29, 1.82) is 10.5 Å². The van der Waals surface area contributed by atoms with Gasteiger partial charge in [0, 0.05) is 21.6 Å². The smallest absolute Gasteiger partial charge is 0.114 e. The van der Waals surface area contributed by atoms with Crippen LogP contribution in [0.5, 0.6) is 0 Å². The van der Waals surface area contributed by atoms with Gasteiger partial charge in [0.05, 0.1) is 29.0 Å². The van der Waals surface area contributed by atoms with E-state index < -0.39 is 0 Å². The van der Waals surface area contributed by atoms with E-state index in [0.717, 1.165) is 15.4 Å². The third-order valence-corrected chi connectivity index (χ3v) is 4.74. The minimum absolute atomic E-state index is 0.476. The van der Waals surface area contributed by atoms with Crippen molar-refractivity contribution in [2.24, 2.45) is 0 Å². The molecule has 0 aliphatic carbocycles. The molecule has 0 radical (unpaired) electrons. The second kappa shape index (κ2) is 6.11. The summed E-state index contributed by atoms with van der Waals surface area (Å²) in [5.41, 5.74) is 3.24. The van der Waals surface area contributed by atoms with Crippen LogP contribution >= 0.6 is 11.8 Å². The van der Waals surface area contributed by atoms with Gasteiger partial charge in [0.1, 0.15) is 17.8 Å². The average molecular weight is 343 g/mol. The number of H-pyrrole nitrogens is 1. The van der Waals surface area contributed by atoms with Crippen molar-refractivity contribution in [3.63, 3.8) is 0 Å². The third-order valence-electron chi connectivity index (χ3n) is 3.64. The molecule has 0 spiro atoms. The summed E-state index contributed by atoms with van der Waals surface area (Å²) in [7, 11) is 0. The van der Waals surface area contributed by atoms with Crippen LogP contribution in [0.2, 0.25) is 0 Å². The van der Waals surface area contributed by atoms with Crippen LogP contribution in [0.4, 0.5) is 0 Å². The fourth-order valence-electron chi connectivity index (χ4n) is 2.49.